The first-order valence-electron chi connectivity index (χ1n) is 10.8. The summed E-state index contributed by atoms with van der Waals surface area (Å²) in [4.78, 5) is 16.1. The second kappa shape index (κ2) is 7.69. The molecule has 0 bridgehead atoms. The summed E-state index contributed by atoms with van der Waals surface area (Å²) in [6.45, 7) is 3.41. The normalized spacial score (nSPS) is 19.5. The second-order valence-corrected chi connectivity index (χ2v) is 8.04. The van der Waals surface area contributed by atoms with Crippen LogP contribution >= 0.6 is 0 Å². The van der Waals surface area contributed by atoms with Gasteiger partial charge in [0.25, 0.3) is 0 Å². The zero-order valence-corrected chi connectivity index (χ0v) is 17.8. The maximum atomic E-state index is 13.9. The topological polar surface area (TPSA) is 86.8 Å². The van der Waals surface area contributed by atoms with Gasteiger partial charge in [-0.25, -0.2) is 18.7 Å². The molecule has 1 fully saturated rings. The number of imidazole rings is 1. The summed E-state index contributed by atoms with van der Waals surface area (Å²) < 4.78 is 36.6. The quantitative estimate of drug-likeness (QED) is 0.472. The van der Waals surface area contributed by atoms with Crippen molar-refractivity contribution < 1.29 is 13.5 Å². The Bertz CT molecular complexity index is 1330. The SMILES string of the molecule is CC[C@@H]1c2nncn2-c2cnc(-n3ccnc3-c3ccc(F)c(F)c3)nc2N1C1CCOC1. The van der Waals surface area contributed by atoms with Gasteiger partial charge in [-0.05, 0) is 31.0 Å². The minimum absolute atomic E-state index is 0.0112. The van der Waals surface area contributed by atoms with Crippen LogP contribution in [-0.2, 0) is 4.74 Å². The average molecular weight is 450 g/mol. The van der Waals surface area contributed by atoms with Crippen LogP contribution in [0.4, 0.5) is 14.6 Å². The van der Waals surface area contributed by atoms with Crippen molar-refractivity contribution in [2.45, 2.75) is 31.8 Å². The number of aromatic nitrogens is 7. The molecule has 2 aliphatic heterocycles. The third-order valence-electron chi connectivity index (χ3n) is 6.17. The lowest BCUT2D eigenvalue weighted by atomic mass is 10.1. The molecule has 11 heteroatoms. The van der Waals surface area contributed by atoms with E-state index in [4.69, 9.17) is 9.72 Å². The third-order valence-corrected chi connectivity index (χ3v) is 6.17. The number of ether oxygens (including phenoxy) is 1. The Balaban J connectivity index is 1.50. The van der Waals surface area contributed by atoms with Gasteiger partial charge in [0.2, 0.25) is 5.95 Å². The first kappa shape index (κ1) is 19.9. The Hall–Kier alpha value is -3.73. The van der Waals surface area contributed by atoms with Gasteiger partial charge in [0.15, 0.2) is 23.3 Å². The zero-order chi connectivity index (χ0) is 22.5. The monoisotopic (exact) mass is 450 g/mol. The van der Waals surface area contributed by atoms with Crippen LogP contribution in [-0.4, -0.2) is 53.5 Å². The lowest BCUT2D eigenvalue weighted by Crippen LogP contribution is -2.43. The van der Waals surface area contributed by atoms with E-state index in [1.165, 1.54) is 6.07 Å². The van der Waals surface area contributed by atoms with Crippen LogP contribution < -0.4 is 4.90 Å². The Morgan fingerprint density at radius 1 is 1.15 bits per heavy atom. The highest BCUT2D eigenvalue weighted by Gasteiger charge is 2.39. The lowest BCUT2D eigenvalue weighted by Gasteiger charge is -2.40. The summed E-state index contributed by atoms with van der Waals surface area (Å²) in [5, 5.41) is 8.49. The molecule has 3 aromatic heterocycles. The Kier molecular flexibility index (Phi) is 4.64. The highest BCUT2D eigenvalue weighted by molar-refractivity contribution is 5.64. The number of halogens is 2. The van der Waals surface area contributed by atoms with Gasteiger partial charge in [-0.2, -0.15) is 4.98 Å². The molecule has 0 spiro atoms. The van der Waals surface area contributed by atoms with E-state index in [-0.39, 0.29) is 12.1 Å². The first-order chi connectivity index (χ1) is 16.2. The van der Waals surface area contributed by atoms with Gasteiger partial charge in [0.05, 0.1) is 24.9 Å². The minimum atomic E-state index is -0.938. The maximum Gasteiger partial charge on any atom is 0.237 e. The van der Waals surface area contributed by atoms with Crippen LogP contribution in [0, 0.1) is 11.6 Å². The molecule has 168 valence electrons. The van der Waals surface area contributed by atoms with Crippen molar-refractivity contribution in [3.05, 3.63) is 60.6 Å². The van der Waals surface area contributed by atoms with Crippen molar-refractivity contribution in [2.24, 2.45) is 0 Å². The van der Waals surface area contributed by atoms with E-state index in [1.54, 1.807) is 29.5 Å². The largest absolute Gasteiger partial charge is 0.379 e. The summed E-state index contributed by atoms with van der Waals surface area (Å²) in [7, 11) is 0. The summed E-state index contributed by atoms with van der Waals surface area (Å²) in [5.41, 5.74) is 1.21. The average Bonchev–Trinajstić information content (AvgIpc) is 3.61. The zero-order valence-electron chi connectivity index (χ0n) is 17.8. The van der Waals surface area contributed by atoms with Crippen molar-refractivity contribution in [2.75, 3.05) is 18.1 Å². The molecule has 0 amide bonds. The fraction of sp³-hybridized carbons (Fsp3) is 0.318. The van der Waals surface area contributed by atoms with E-state index < -0.39 is 11.6 Å². The van der Waals surface area contributed by atoms with Crippen molar-refractivity contribution in [3.63, 3.8) is 0 Å². The standard InChI is InChI=1S/C22H20F2N8O/c1-2-17-21-29-27-12-31(21)18-10-26-22(28-20(18)32(17)14-5-8-33-11-14)30-7-6-25-19(30)13-3-4-15(23)16(24)9-13/h3-4,6-7,9-10,12,14,17H,2,5,8,11H2,1H3/t14?,17-/m1/s1. The molecular weight excluding hydrogens is 430 g/mol. The van der Waals surface area contributed by atoms with Gasteiger partial charge in [0.1, 0.15) is 17.8 Å². The fourth-order valence-corrected chi connectivity index (χ4v) is 4.62. The van der Waals surface area contributed by atoms with Gasteiger partial charge >= 0.3 is 0 Å². The molecule has 0 aliphatic carbocycles. The number of fused-ring (bicyclic) bond motifs is 3. The van der Waals surface area contributed by atoms with Gasteiger partial charge in [-0.15, -0.1) is 10.2 Å². The van der Waals surface area contributed by atoms with Crippen molar-refractivity contribution in [3.8, 4) is 23.0 Å². The molecule has 6 rings (SSSR count). The number of benzene rings is 1. The van der Waals surface area contributed by atoms with Crippen LogP contribution in [0.25, 0.3) is 23.0 Å². The molecule has 4 aromatic rings. The van der Waals surface area contributed by atoms with Crippen LogP contribution in [0.3, 0.4) is 0 Å². The molecular formula is C22H20F2N8O. The van der Waals surface area contributed by atoms with Gasteiger partial charge in [0, 0.05) is 24.6 Å². The number of nitrogens with zero attached hydrogens (tertiary/aromatic N) is 8. The van der Waals surface area contributed by atoms with Crippen LogP contribution in [0.1, 0.15) is 31.6 Å². The third kappa shape index (κ3) is 3.10. The maximum absolute atomic E-state index is 13.9. The molecule has 1 unspecified atom stereocenters. The number of rotatable bonds is 4. The van der Waals surface area contributed by atoms with Gasteiger partial charge in [-0.3, -0.25) is 9.13 Å². The summed E-state index contributed by atoms with van der Waals surface area (Å²) in [6.07, 6.45) is 8.38. The molecule has 9 nitrogen and oxygen atoms in total. The van der Waals surface area contributed by atoms with Crippen LogP contribution in [0.15, 0.2) is 43.1 Å². The molecule has 0 saturated carbocycles. The molecule has 1 saturated heterocycles. The van der Waals surface area contributed by atoms with Gasteiger partial charge < -0.3 is 9.64 Å². The highest BCUT2D eigenvalue weighted by Crippen LogP contribution is 2.40. The van der Waals surface area contributed by atoms with E-state index in [9.17, 15) is 8.78 Å². The van der Waals surface area contributed by atoms with E-state index in [0.29, 0.717) is 30.5 Å². The Morgan fingerprint density at radius 3 is 2.85 bits per heavy atom. The molecule has 33 heavy (non-hydrogen) atoms. The number of hydrogen-bond donors (Lipinski definition) is 0. The molecule has 2 aliphatic rings. The molecule has 1 aromatic carbocycles. The van der Waals surface area contributed by atoms with Crippen LogP contribution in [0.2, 0.25) is 0 Å². The van der Waals surface area contributed by atoms with E-state index in [2.05, 4.69) is 32.0 Å². The number of hydrogen-bond acceptors (Lipinski definition) is 7. The smallest absolute Gasteiger partial charge is 0.237 e. The van der Waals surface area contributed by atoms with E-state index in [1.807, 2.05) is 4.57 Å². The molecule has 0 radical (unpaired) electrons. The summed E-state index contributed by atoms with van der Waals surface area (Å²) in [6, 6.07) is 3.82. The Labute approximate surface area is 187 Å². The predicted molar refractivity (Wildman–Crippen MR) is 114 cm³/mol. The van der Waals surface area contributed by atoms with Crippen molar-refractivity contribution in [1.82, 2.24) is 34.3 Å². The van der Waals surface area contributed by atoms with Crippen molar-refractivity contribution >= 4 is 5.82 Å². The lowest BCUT2D eigenvalue weighted by molar-refractivity contribution is 0.191. The van der Waals surface area contributed by atoms with Crippen LogP contribution in [0.5, 0.6) is 0 Å². The second-order valence-electron chi connectivity index (χ2n) is 8.04. The summed E-state index contributed by atoms with van der Waals surface area (Å²) in [5.74, 6) is 0.537. The molecule has 0 N–H and O–H groups in total. The van der Waals surface area contributed by atoms with Crippen molar-refractivity contribution in [1.29, 1.82) is 0 Å². The first-order valence-corrected chi connectivity index (χ1v) is 10.8. The van der Waals surface area contributed by atoms with E-state index in [0.717, 1.165) is 42.3 Å². The Morgan fingerprint density at radius 2 is 2.06 bits per heavy atom. The number of anilines is 1. The summed E-state index contributed by atoms with van der Waals surface area (Å²) >= 11 is 0. The molecule has 2 atom stereocenters. The van der Waals surface area contributed by atoms with E-state index >= 15 is 0 Å². The fourth-order valence-electron chi connectivity index (χ4n) is 4.62. The predicted octanol–water partition coefficient (Wildman–Crippen LogP) is 3.25. The minimum Gasteiger partial charge on any atom is -0.379 e. The molecule has 5 heterocycles. The van der Waals surface area contributed by atoms with Gasteiger partial charge in [-0.1, -0.05) is 6.92 Å². The highest BCUT2D eigenvalue weighted by atomic mass is 19.2.